The zero-order valence-electron chi connectivity index (χ0n) is 10.7. The van der Waals surface area contributed by atoms with Crippen molar-refractivity contribution in [3.8, 4) is 0 Å². The molecule has 0 aliphatic carbocycles. The van der Waals surface area contributed by atoms with Crippen LogP contribution in [0.25, 0.3) is 0 Å². The van der Waals surface area contributed by atoms with Gasteiger partial charge in [-0.15, -0.1) is 0 Å². The molecular weight excluding hydrogens is 256 g/mol. The summed E-state index contributed by atoms with van der Waals surface area (Å²) in [6.45, 7) is 1.43. The van der Waals surface area contributed by atoms with Gasteiger partial charge in [-0.3, -0.25) is 29.8 Å². The van der Waals surface area contributed by atoms with E-state index in [2.05, 4.69) is 20.1 Å². The first-order valence-corrected chi connectivity index (χ1v) is 5.65. The zero-order chi connectivity index (χ0) is 14.4. The van der Waals surface area contributed by atoms with Gasteiger partial charge < -0.3 is 9.47 Å². The molecule has 19 heavy (non-hydrogen) atoms. The number of esters is 2. The number of fused-ring (bicyclic) bond motifs is 1. The number of methoxy groups -OCH3 is 2. The van der Waals surface area contributed by atoms with Crippen LogP contribution in [0.5, 0.6) is 0 Å². The Morgan fingerprint density at radius 2 is 1.79 bits per heavy atom. The van der Waals surface area contributed by atoms with E-state index in [1.165, 1.54) is 21.1 Å². The summed E-state index contributed by atoms with van der Waals surface area (Å²) in [7, 11) is 2.34. The summed E-state index contributed by atoms with van der Waals surface area (Å²) < 4.78 is 9.23. The molecule has 2 amide bonds. The molecule has 2 N–H and O–H groups in total. The maximum atomic E-state index is 11.9. The largest absolute Gasteiger partial charge is 0.468 e. The van der Waals surface area contributed by atoms with Gasteiger partial charge in [-0.1, -0.05) is 0 Å². The molecule has 0 spiro atoms. The molecule has 0 aromatic carbocycles. The third kappa shape index (κ3) is 1.71. The molecule has 2 heterocycles. The highest BCUT2D eigenvalue weighted by atomic mass is 16.5. The van der Waals surface area contributed by atoms with Gasteiger partial charge >= 0.3 is 11.9 Å². The second kappa shape index (κ2) is 4.30. The highest BCUT2D eigenvalue weighted by Gasteiger charge is 2.66. The third-order valence-corrected chi connectivity index (χ3v) is 3.69. The summed E-state index contributed by atoms with van der Waals surface area (Å²) in [6, 6.07) is -1.05. The summed E-state index contributed by atoms with van der Waals surface area (Å²) >= 11 is 0. The lowest BCUT2D eigenvalue weighted by atomic mass is 9.81. The molecule has 2 aliphatic rings. The van der Waals surface area contributed by atoms with E-state index in [0.717, 1.165) is 0 Å². The highest BCUT2D eigenvalue weighted by Crippen LogP contribution is 2.40. The number of carbonyl (C=O) groups excluding carboxylic acids is 4. The van der Waals surface area contributed by atoms with Crippen LogP contribution in [0, 0.1) is 11.8 Å². The lowest BCUT2D eigenvalue weighted by Gasteiger charge is -2.26. The molecule has 8 heteroatoms. The predicted octanol–water partition coefficient (Wildman–Crippen LogP) is -2.05. The molecule has 0 aromatic heterocycles. The molecule has 0 saturated carbocycles. The van der Waals surface area contributed by atoms with Crippen LogP contribution < -0.4 is 10.6 Å². The Labute approximate surface area is 108 Å². The van der Waals surface area contributed by atoms with Crippen LogP contribution in [0.4, 0.5) is 0 Å². The number of hydrogen-bond acceptors (Lipinski definition) is 7. The predicted molar refractivity (Wildman–Crippen MR) is 59.5 cm³/mol. The third-order valence-electron chi connectivity index (χ3n) is 3.69. The fraction of sp³-hybridized carbons (Fsp3) is 0.636. The average molecular weight is 270 g/mol. The van der Waals surface area contributed by atoms with Crippen molar-refractivity contribution in [3.05, 3.63) is 0 Å². The quantitative estimate of drug-likeness (QED) is 0.439. The van der Waals surface area contributed by atoms with E-state index in [1.54, 1.807) is 0 Å². The molecule has 2 fully saturated rings. The van der Waals surface area contributed by atoms with Crippen molar-refractivity contribution in [2.75, 3.05) is 14.2 Å². The number of carbonyl (C=O) groups is 4. The van der Waals surface area contributed by atoms with E-state index in [0.29, 0.717) is 0 Å². The summed E-state index contributed by atoms with van der Waals surface area (Å²) in [5.74, 6) is -4.56. The fourth-order valence-electron chi connectivity index (χ4n) is 2.80. The van der Waals surface area contributed by atoms with Crippen molar-refractivity contribution in [2.24, 2.45) is 11.8 Å². The Morgan fingerprint density at radius 3 is 2.32 bits per heavy atom. The first-order valence-electron chi connectivity index (χ1n) is 5.65. The lowest BCUT2D eigenvalue weighted by Crippen LogP contribution is -2.55. The summed E-state index contributed by atoms with van der Waals surface area (Å²) in [5, 5.41) is 4.83. The van der Waals surface area contributed by atoms with Crippen molar-refractivity contribution < 1.29 is 28.7 Å². The second-order valence-electron chi connectivity index (χ2n) is 4.70. The van der Waals surface area contributed by atoms with Gasteiger partial charge in [-0.05, 0) is 6.92 Å². The van der Waals surface area contributed by atoms with Crippen molar-refractivity contribution in [2.45, 2.75) is 18.5 Å². The normalized spacial score (nSPS) is 36.7. The van der Waals surface area contributed by atoms with Crippen LogP contribution >= 0.6 is 0 Å². The van der Waals surface area contributed by atoms with Crippen molar-refractivity contribution in [1.29, 1.82) is 0 Å². The van der Waals surface area contributed by atoms with Crippen LogP contribution in [-0.2, 0) is 28.7 Å². The minimum Gasteiger partial charge on any atom is -0.468 e. The molecule has 4 atom stereocenters. The number of hydrogen-bond donors (Lipinski definition) is 2. The molecule has 0 bridgehead atoms. The number of nitrogens with one attached hydrogen (secondary N) is 2. The van der Waals surface area contributed by atoms with Gasteiger partial charge in [0.25, 0.3) is 0 Å². The molecule has 8 nitrogen and oxygen atoms in total. The minimum absolute atomic E-state index is 0.592. The number of ether oxygens (including phenoxy) is 2. The molecule has 2 aliphatic heterocycles. The topological polar surface area (TPSA) is 111 Å². The van der Waals surface area contributed by atoms with E-state index in [9.17, 15) is 19.2 Å². The van der Waals surface area contributed by atoms with Crippen molar-refractivity contribution in [1.82, 2.24) is 10.6 Å². The Kier molecular flexibility index (Phi) is 3.05. The Hall–Kier alpha value is -1.96. The first-order chi connectivity index (χ1) is 8.86. The molecule has 0 radical (unpaired) electrons. The van der Waals surface area contributed by atoms with E-state index >= 15 is 0 Å². The van der Waals surface area contributed by atoms with Crippen LogP contribution in [-0.4, -0.2) is 49.6 Å². The highest BCUT2D eigenvalue weighted by molar-refractivity contribution is 6.11. The molecule has 2 saturated heterocycles. The van der Waals surface area contributed by atoms with Crippen LogP contribution in [0.15, 0.2) is 0 Å². The molecule has 2 rings (SSSR count). The SMILES string of the molecule is COC(=O)[C@@H]1N[C@@](C)(C(=O)OC)[C@@H]2C(=O)NC(=O)[C@@H]21. The van der Waals surface area contributed by atoms with Crippen LogP contribution in [0.1, 0.15) is 6.92 Å². The van der Waals surface area contributed by atoms with Crippen molar-refractivity contribution >= 4 is 23.8 Å². The zero-order valence-corrected chi connectivity index (χ0v) is 10.7. The van der Waals surface area contributed by atoms with Gasteiger partial charge in [0.05, 0.1) is 26.1 Å². The minimum atomic E-state index is -1.44. The van der Waals surface area contributed by atoms with Gasteiger partial charge in [0.2, 0.25) is 11.8 Å². The summed E-state index contributed by atoms with van der Waals surface area (Å²) in [4.78, 5) is 47.1. The first kappa shape index (κ1) is 13.5. The van der Waals surface area contributed by atoms with E-state index in [-0.39, 0.29) is 0 Å². The average Bonchev–Trinajstić information content (AvgIpc) is 2.86. The number of amides is 2. The maximum absolute atomic E-state index is 11.9. The fourth-order valence-corrected chi connectivity index (χ4v) is 2.80. The van der Waals surface area contributed by atoms with Gasteiger partial charge in [0, 0.05) is 0 Å². The molecule has 104 valence electrons. The molecular formula is C11H14N2O6. The second-order valence-corrected chi connectivity index (χ2v) is 4.70. The number of rotatable bonds is 2. The summed E-state index contributed by atoms with van der Waals surface area (Å²) in [5.41, 5.74) is -1.44. The van der Waals surface area contributed by atoms with Gasteiger partial charge in [0.1, 0.15) is 11.6 Å². The lowest BCUT2D eigenvalue weighted by molar-refractivity contribution is -0.151. The van der Waals surface area contributed by atoms with Gasteiger partial charge in [0.15, 0.2) is 0 Å². The molecule has 0 aromatic rings. The Morgan fingerprint density at radius 1 is 1.16 bits per heavy atom. The Balaban J connectivity index is 2.45. The molecule has 0 unspecified atom stereocenters. The van der Waals surface area contributed by atoms with E-state index in [4.69, 9.17) is 0 Å². The van der Waals surface area contributed by atoms with E-state index in [1.807, 2.05) is 0 Å². The standard InChI is InChI=1S/C11H14N2O6/c1-11(10(17)19-3)5-4(7(14)12-8(5)15)6(13-11)9(16)18-2/h4-6,13H,1-3H3,(H,12,14,15)/t4-,5-,6+,11+/m0/s1. The maximum Gasteiger partial charge on any atom is 0.326 e. The Bertz CT molecular complexity index is 476. The smallest absolute Gasteiger partial charge is 0.326 e. The monoisotopic (exact) mass is 270 g/mol. The number of imide groups is 1. The van der Waals surface area contributed by atoms with Gasteiger partial charge in [-0.2, -0.15) is 0 Å². The van der Waals surface area contributed by atoms with Crippen LogP contribution in [0.2, 0.25) is 0 Å². The van der Waals surface area contributed by atoms with Crippen molar-refractivity contribution in [3.63, 3.8) is 0 Å². The summed E-state index contributed by atoms with van der Waals surface area (Å²) in [6.07, 6.45) is 0. The van der Waals surface area contributed by atoms with Crippen LogP contribution in [0.3, 0.4) is 0 Å². The van der Waals surface area contributed by atoms with E-state index < -0.39 is 47.2 Å². The van der Waals surface area contributed by atoms with Gasteiger partial charge in [-0.25, -0.2) is 0 Å².